The van der Waals surface area contributed by atoms with E-state index < -0.39 is 17.6 Å². The van der Waals surface area contributed by atoms with E-state index in [1.807, 2.05) is 0 Å². The number of carboxylic acid groups (broad SMARTS) is 1. The predicted octanol–water partition coefficient (Wildman–Crippen LogP) is 4.22. The number of aromatic carboxylic acids is 1. The molecule has 0 aliphatic carbocycles. The molecule has 0 bridgehead atoms. The minimum absolute atomic E-state index is 0.0596. The Hall–Kier alpha value is -1.95. The SMILES string of the molecule is O=C(O)c1cc(F)ccc1Oc1ccc(Br)c(F)c1. The molecule has 0 aromatic heterocycles. The molecule has 0 saturated heterocycles. The molecule has 3 nitrogen and oxygen atoms in total. The van der Waals surface area contributed by atoms with Gasteiger partial charge in [0, 0.05) is 6.07 Å². The number of hydrogen-bond acceptors (Lipinski definition) is 2. The molecule has 2 aromatic carbocycles. The topological polar surface area (TPSA) is 46.5 Å². The van der Waals surface area contributed by atoms with E-state index in [2.05, 4.69) is 15.9 Å². The number of benzene rings is 2. The van der Waals surface area contributed by atoms with Gasteiger partial charge in [0.2, 0.25) is 0 Å². The molecule has 2 rings (SSSR count). The first-order valence-electron chi connectivity index (χ1n) is 5.13. The van der Waals surface area contributed by atoms with Crippen LogP contribution in [0.4, 0.5) is 8.78 Å². The third-order valence-electron chi connectivity index (χ3n) is 2.29. The lowest BCUT2D eigenvalue weighted by molar-refractivity contribution is 0.0693. The van der Waals surface area contributed by atoms with Gasteiger partial charge in [-0.3, -0.25) is 0 Å². The van der Waals surface area contributed by atoms with Crippen molar-refractivity contribution in [3.05, 3.63) is 58.1 Å². The van der Waals surface area contributed by atoms with Crippen LogP contribution in [0.2, 0.25) is 0 Å². The highest BCUT2D eigenvalue weighted by atomic mass is 79.9. The number of carboxylic acids is 1. The molecule has 0 atom stereocenters. The zero-order chi connectivity index (χ0) is 14.0. The predicted molar refractivity (Wildman–Crippen MR) is 67.5 cm³/mol. The fraction of sp³-hybridized carbons (Fsp3) is 0. The highest BCUT2D eigenvalue weighted by Gasteiger charge is 2.14. The monoisotopic (exact) mass is 328 g/mol. The zero-order valence-electron chi connectivity index (χ0n) is 9.36. The van der Waals surface area contributed by atoms with Crippen LogP contribution in [0.1, 0.15) is 10.4 Å². The molecule has 0 aliphatic heterocycles. The average Bonchev–Trinajstić information content (AvgIpc) is 2.36. The maximum atomic E-state index is 13.3. The Labute approximate surface area is 115 Å². The average molecular weight is 329 g/mol. The second-order valence-corrected chi connectivity index (χ2v) is 4.48. The number of hydrogen-bond donors (Lipinski definition) is 1. The molecule has 0 spiro atoms. The third-order valence-corrected chi connectivity index (χ3v) is 2.93. The van der Waals surface area contributed by atoms with Crippen LogP contribution in [0.5, 0.6) is 11.5 Å². The van der Waals surface area contributed by atoms with Crippen molar-refractivity contribution in [2.75, 3.05) is 0 Å². The van der Waals surface area contributed by atoms with E-state index in [0.717, 1.165) is 18.2 Å². The highest BCUT2D eigenvalue weighted by Crippen LogP contribution is 2.28. The van der Waals surface area contributed by atoms with Crippen molar-refractivity contribution >= 4 is 21.9 Å². The highest BCUT2D eigenvalue weighted by molar-refractivity contribution is 9.10. The molecular weight excluding hydrogens is 322 g/mol. The van der Waals surface area contributed by atoms with E-state index in [1.54, 1.807) is 0 Å². The number of halogens is 3. The van der Waals surface area contributed by atoms with Crippen molar-refractivity contribution in [2.24, 2.45) is 0 Å². The van der Waals surface area contributed by atoms with Gasteiger partial charge in [0.05, 0.1) is 4.47 Å². The number of carbonyl (C=O) groups is 1. The normalized spacial score (nSPS) is 10.3. The molecule has 1 N–H and O–H groups in total. The summed E-state index contributed by atoms with van der Waals surface area (Å²) in [6, 6.07) is 7.07. The van der Waals surface area contributed by atoms with Crippen LogP contribution in [0.3, 0.4) is 0 Å². The van der Waals surface area contributed by atoms with Gasteiger partial charge in [0.25, 0.3) is 0 Å². The van der Waals surface area contributed by atoms with Gasteiger partial charge in [0.15, 0.2) is 0 Å². The summed E-state index contributed by atoms with van der Waals surface area (Å²) in [5, 5.41) is 8.94. The van der Waals surface area contributed by atoms with Crippen LogP contribution in [0.15, 0.2) is 40.9 Å². The van der Waals surface area contributed by atoms with Crippen molar-refractivity contribution in [3.63, 3.8) is 0 Å². The second-order valence-electron chi connectivity index (χ2n) is 3.62. The van der Waals surface area contributed by atoms with Gasteiger partial charge < -0.3 is 9.84 Å². The Balaban J connectivity index is 2.37. The zero-order valence-corrected chi connectivity index (χ0v) is 10.9. The first-order valence-corrected chi connectivity index (χ1v) is 5.92. The first-order chi connectivity index (χ1) is 8.97. The molecule has 6 heteroatoms. The minimum atomic E-state index is -1.33. The Morgan fingerprint density at radius 3 is 2.53 bits per heavy atom. The molecule has 0 amide bonds. The Morgan fingerprint density at radius 2 is 1.89 bits per heavy atom. The summed E-state index contributed by atoms with van der Waals surface area (Å²) in [6.45, 7) is 0. The molecule has 0 unspecified atom stereocenters. The summed E-state index contributed by atoms with van der Waals surface area (Å²) >= 11 is 2.99. The Bertz CT molecular complexity index is 644. The van der Waals surface area contributed by atoms with Gasteiger partial charge >= 0.3 is 5.97 Å². The summed E-state index contributed by atoms with van der Waals surface area (Å²) in [5.74, 6) is -2.50. The molecule has 0 fully saturated rings. The van der Waals surface area contributed by atoms with Gasteiger partial charge in [-0.15, -0.1) is 0 Å². The van der Waals surface area contributed by atoms with Crippen molar-refractivity contribution in [1.82, 2.24) is 0 Å². The second kappa shape index (κ2) is 5.36. The quantitative estimate of drug-likeness (QED) is 0.917. The van der Waals surface area contributed by atoms with Gasteiger partial charge in [-0.1, -0.05) is 0 Å². The van der Waals surface area contributed by atoms with Crippen LogP contribution < -0.4 is 4.74 Å². The first kappa shape index (κ1) is 13.5. The van der Waals surface area contributed by atoms with Crippen LogP contribution in [-0.4, -0.2) is 11.1 Å². The van der Waals surface area contributed by atoms with Crippen molar-refractivity contribution in [3.8, 4) is 11.5 Å². The van der Waals surface area contributed by atoms with Gasteiger partial charge in [-0.05, 0) is 46.3 Å². The molecule has 0 heterocycles. The van der Waals surface area contributed by atoms with E-state index >= 15 is 0 Å². The van der Waals surface area contributed by atoms with E-state index in [-0.39, 0.29) is 21.5 Å². The molecule has 0 aliphatic rings. The molecule has 0 radical (unpaired) electrons. The molecule has 0 saturated carbocycles. The number of ether oxygens (including phenoxy) is 1. The Kier molecular flexibility index (Phi) is 3.80. The maximum Gasteiger partial charge on any atom is 0.339 e. The van der Waals surface area contributed by atoms with E-state index in [0.29, 0.717) is 0 Å². The Morgan fingerprint density at radius 1 is 1.16 bits per heavy atom. The molecule has 2 aromatic rings. The molecular formula is C13H7BrF2O3. The summed E-state index contributed by atoms with van der Waals surface area (Å²) < 4.78 is 31.8. The van der Waals surface area contributed by atoms with E-state index in [4.69, 9.17) is 9.84 Å². The summed E-state index contributed by atoms with van der Waals surface area (Å²) in [6.07, 6.45) is 0. The molecule has 19 heavy (non-hydrogen) atoms. The van der Waals surface area contributed by atoms with E-state index in [1.165, 1.54) is 18.2 Å². The van der Waals surface area contributed by atoms with E-state index in [9.17, 15) is 13.6 Å². The van der Waals surface area contributed by atoms with Crippen LogP contribution in [0, 0.1) is 11.6 Å². The van der Waals surface area contributed by atoms with Crippen LogP contribution >= 0.6 is 15.9 Å². The van der Waals surface area contributed by atoms with Crippen molar-refractivity contribution in [2.45, 2.75) is 0 Å². The largest absolute Gasteiger partial charge is 0.478 e. The maximum absolute atomic E-state index is 13.3. The summed E-state index contributed by atoms with van der Waals surface area (Å²) in [4.78, 5) is 11.0. The van der Waals surface area contributed by atoms with Crippen LogP contribution in [0.25, 0.3) is 0 Å². The summed E-state index contributed by atoms with van der Waals surface area (Å²) in [7, 11) is 0. The minimum Gasteiger partial charge on any atom is -0.478 e. The number of rotatable bonds is 3. The lowest BCUT2D eigenvalue weighted by atomic mass is 10.2. The standard InChI is InChI=1S/C13H7BrF2O3/c14-10-3-2-8(6-11(10)16)19-12-4-1-7(15)5-9(12)13(17)18/h1-6H,(H,17,18). The van der Waals surface area contributed by atoms with Crippen LogP contribution in [-0.2, 0) is 0 Å². The summed E-state index contributed by atoms with van der Waals surface area (Å²) in [5.41, 5.74) is -0.330. The van der Waals surface area contributed by atoms with Crippen molar-refractivity contribution < 1.29 is 23.4 Å². The smallest absolute Gasteiger partial charge is 0.339 e. The lowest BCUT2D eigenvalue weighted by Gasteiger charge is -2.09. The lowest BCUT2D eigenvalue weighted by Crippen LogP contribution is -2.01. The fourth-order valence-corrected chi connectivity index (χ4v) is 1.67. The third kappa shape index (κ3) is 3.08. The van der Waals surface area contributed by atoms with Gasteiger partial charge in [-0.2, -0.15) is 0 Å². The fourth-order valence-electron chi connectivity index (χ4n) is 1.43. The van der Waals surface area contributed by atoms with Crippen molar-refractivity contribution in [1.29, 1.82) is 0 Å². The van der Waals surface area contributed by atoms with Gasteiger partial charge in [-0.25, -0.2) is 13.6 Å². The molecule has 98 valence electrons. The van der Waals surface area contributed by atoms with Gasteiger partial charge in [0.1, 0.15) is 28.7 Å².